The molecule has 3 rings (SSSR count). The Hall–Kier alpha value is -2.52. The minimum atomic E-state index is -0.153. The maximum atomic E-state index is 12.0. The lowest BCUT2D eigenvalue weighted by molar-refractivity contribution is 0.0889. The predicted molar refractivity (Wildman–Crippen MR) is 88.9 cm³/mol. The van der Waals surface area contributed by atoms with Gasteiger partial charge in [-0.2, -0.15) is 5.26 Å². The molecule has 1 aliphatic carbocycles. The van der Waals surface area contributed by atoms with Crippen LogP contribution in [0.3, 0.4) is 0 Å². The molecule has 1 fully saturated rings. The van der Waals surface area contributed by atoms with Crippen LogP contribution in [0.4, 0.5) is 0 Å². The third-order valence-electron chi connectivity index (χ3n) is 4.10. The summed E-state index contributed by atoms with van der Waals surface area (Å²) in [4.78, 5) is 18.7. The van der Waals surface area contributed by atoms with Gasteiger partial charge in [0.1, 0.15) is 17.5 Å². The Balaban J connectivity index is 1.49. The highest BCUT2D eigenvalue weighted by atomic mass is 35.5. The number of hydrogen-bond acceptors (Lipinski definition) is 4. The molecule has 1 heterocycles. The molecule has 1 aromatic carbocycles. The van der Waals surface area contributed by atoms with Crippen LogP contribution in [-0.4, -0.2) is 28.0 Å². The summed E-state index contributed by atoms with van der Waals surface area (Å²) in [5.41, 5.74) is 0.842. The van der Waals surface area contributed by atoms with Gasteiger partial charge in [0, 0.05) is 18.3 Å². The molecule has 2 aromatic rings. The molecule has 2 N–H and O–H groups in total. The van der Waals surface area contributed by atoms with Crippen LogP contribution in [0.15, 0.2) is 30.7 Å². The number of ether oxygens (including phenoxy) is 1. The van der Waals surface area contributed by atoms with E-state index >= 15 is 0 Å². The number of rotatable bonds is 4. The third kappa shape index (κ3) is 3.87. The lowest BCUT2D eigenvalue weighted by atomic mass is 9.93. The van der Waals surface area contributed by atoms with E-state index in [-0.39, 0.29) is 18.1 Å². The first kappa shape index (κ1) is 16.3. The molecule has 0 aliphatic heterocycles. The second-order valence-electron chi connectivity index (χ2n) is 5.77. The SMILES string of the molecule is N#Cc1ccc(OC2CCC(NC(=O)c3c[nH]cn3)CC2)cc1Cl. The standard InChI is InChI=1S/C17H17ClN4O2/c18-15-7-14(4-1-11(15)8-19)24-13-5-2-12(3-6-13)22-17(23)16-9-20-10-21-16/h1,4,7,9-10,12-13H,2-3,5-6H2,(H,20,21)(H,22,23). The van der Waals surface area contributed by atoms with Gasteiger partial charge in [-0.15, -0.1) is 0 Å². The van der Waals surface area contributed by atoms with Gasteiger partial charge in [0.15, 0.2) is 0 Å². The van der Waals surface area contributed by atoms with Crippen molar-refractivity contribution in [3.63, 3.8) is 0 Å². The maximum absolute atomic E-state index is 12.0. The topological polar surface area (TPSA) is 90.8 Å². The van der Waals surface area contributed by atoms with Crippen LogP contribution in [0.1, 0.15) is 41.7 Å². The number of nitrogens with one attached hydrogen (secondary N) is 2. The molecule has 1 aromatic heterocycles. The quantitative estimate of drug-likeness (QED) is 0.891. The van der Waals surface area contributed by atoms with Crippen LogP contribution >= 0.6 is 11.6 Å². The van der Waals surface area contributed by atoms with Gasteiger partial charge in [-0.1, -0.05) is 11.6 Å². The fourth-order valence-corrected chi connectivity index (χ4v) is 3.03. The summed E-state index contributed by atoms with van der Waals surface area (Å²) in [7, 11) is 0. The zero-order valence-electron chi connectivity index (χ0n) is 13.0. The fraction of sp³-hybridized carbons (Fsp3) is 0.353. The van der Waals surface area contributed by atoms with E-state index in [4.69, 9.17) is 21.6 Å². The number of imidazole rings is 1. The zero-order chi connectivity index (χ0) is 16.9. The number of benzene rings is 1. The molecule has 1 aliphatic rings. The molecule has 0 atom stereocenters. The highest BCUT2D eigenvalue weighted by Gasteiger charge is 2.24. The Bertz CT molecular complexity index is 746. The lowest BCUT2D eigenvalue weighted by Gasteiger charge is -2.29. The Morgan fingerprint density at radius 2 is 2.17 bits per heavy atom. The van der Waals surface area contributed by atoms with E-state index in [1.807, 2.05) is 6.07 Å². The molecule has 0 unspecified atom stereocenters. The van der Waals surface area contributed by atoms with Crippen molar-refractivity contribution < 1.29 is 9.53 Å². The van der Waals surface area contributed by atoms with Crippen LogP contribution in [0, 0.1) is 11.3 Å². The number of aromatic amines is 1. The fourth-order valence-electron chi connectivity index (χ4n) is 2.82. The van der Waals surface area contributed by atoms with E-state index in [0.717, 1.165) is 25.7 Å². The summed E-state index contributed by atoms with van der Waals surface area (Å²) in [6.45, 7) is 0. The molecule has 6 nitrogen and oxygen atoms in total. The van der Waals surface area contributed by atoms with Gasteiger partial charge in [-0.25, -0.2) is 4.98 Å². The molecule has 7 heteroatoms. The van der Waals surface area contributed by atoms with E-state index in [1.165, 1.54) is 6.33 Å². The van der Waals surface area contributed by atoms with E-state index in [0.29, 0.717) is 22.0 Å². The van der Waals surface area contributed by atoms with E-state index in [2.05, 4.69) is 15.3 Å². The van der Waals surface area contributed by atoms with Crippen LogP contribution in [0.25, 0.3) is 0 Å². The number of carbonyl (C=O) groups excluding carboxylic acids is 1. The van der Waals surface area contributed by atoms with Crippen molar-refractivity contribution in [3.05, 3.63) is 47.0 Å². The third-order valence-corrected chi connectivity index (χ3v) is 4.42. The number of aromatic nitrogens is 2. The number of carbonyl (C=O) groups is 1. The van der Waals surface area contributed by atoms with Crippen molar-refractivity contribution in [2.75, 3.05) is 0 Å². The highest BCUT2D eigenvalue weighted by molar-refractivity contribution is 6.31. The van der Waals surface area contributed by atoms with E-state index in [9.17, 15) is 4.79 Å². The zero-order valence-corrected chi connectivity index (χ0v) is 13.7. The number of halogens is 1. The van der Waals surface area contributed by atoms with Crippen molar-refractivity contribution in [3.8, 4) is 11.8 Å². The number of H-pyrrole nitrogens is 1. The van der Waals surface area contributed by atoms with Crippen LogP contribution in [0.2, 0.25) is 5.02 Å². The second kappa shape index (κ2) is 7.37. The van der Waals surface area contributed by atoms with Crippen LogP contribution in [0.5, 0.6) is 5.75 Å². The van der Waals surface area contributed by atoms with E-state index in [1.54, 1.807) is 24.4 Å². The summed E-state index contributed by atoms with van der Waals surface area (Å²) in [6, 6.07) is 7.26. The summed E-state index contributed by atoms with van der Waals surface area (Å²) in [5.74, 6) is 0.516. The number of nitriles is 1. The number of amides is 1. The maximum Gasteiger partial charge on any atom is 0.271 e. The van der Waals surface area contributed by atoms with Crippen molar-refractivity contribution in [1.29, 1.82) is 5.26 Å². The summed E-state index contributed by atoms with van der Waals surface area (Å²) in [6.07, 6.45) is 6.57. The van der Waals surface area contributed by atoms with E-state index < -0.39 is 0 Å². The van der Waals surface area contributed by atoms with Gasteiger partial charge < -0.3 is 15.0 Å². The van der Waals surface area contributed by atoms with Crippen molar-refractivity contribution in [2.24, 2.45) is 0 Å². The average molecular weight is 345 g/mol. The minimum Gasteiger partial charge on any atom is -0.490 e. The molecule has 0 saturated heterocycles. The van der Waals surface area contributed by atoms with Gasteiger partial charge in [-0.05, 0) is 37.8 Å². The van der Waals surface area contributed by atoms with Crippen LogP contribution in [-0.2, 0) is 0 Å². The first-order valence-electron chi connectivity index (χ1n) is 7.81. The van der Waals surface area contributed by atoms with Crippen LogP contribution < -0.4 is 10.1 Å². The Labute approximate surface area is 144 Å². The van der Waals surface area contributed by atoms with Gasteiger partial charge in [0.25, 0.3) is 5.91 Å². The van der Waals surface area contributed by atoms with Crippen molar-refractivity contribution in [1.82, 2.24) is 15.3 Å². The second-order valence-corrected chi connectivity index (χ2v) is 6.18. The first-order chi connectivity index (χ1) is 11.7. The molecule has 1 saturated carbocycles. The highest BCUT2D eigenvalue weighted by Crippen LogP contribution is 2.27. The minimum absolute atomic E-state index is 0.0903. The van der Waals surface area contributed by atoms with Gasteiger partial charge in [0.05, 0.1) is 23.0 Å². The normalized spacial score (nSPS) is 20.2. The Morgan fingerprint density at radius 1 is 1.38 bits per heavy atom. The molecule has 0 radical (unpaired) electrons. The average Bonchev–Trinajstić information content (AvgIpc) is 3.11. The molecule has 1 amide bonds. The molecule has 0 bridgehead atoms. The number of hydrogen-bond donors (Lipinski definition) is 2. The molecular weight excluding hydrogens is 328 g/mol. The smallest absolute Gasteiger partial charge is 0.271 e. The lowest BCUT2D eigenvalue weighted by Crippen LogP contribution is -2.39. The first-order valence-corrected chi connectivity index (χ1v) is 8.19. The monoisotopic (exact) mass is 344 g/mol. The van der Waals surface area contributed by atoms with Crippen molar-refractivity contribution >= 4 is 17.5 Å². The predicted octanol–water partition coefficient (Wildman–Crippen LogP) is 3.05. The largest absolute Gasteiger partial charge is 0.490 e. The summed E-state index contributed by atoms with van der Waals surface area (Å²) < 4.78 is 5.94. The molecule has 124 valence electrons. The Morgan fingerprint density at radius 3 is 2.79 bits per heavy atom. The van der Waals surface area contributed by atoms with Crippen molar-refractivity contribution in [2.45, 2.75) is 37.8 Å². The summed E-state index contributed by atoms with van der Waals surface area (Å²) in [5, 5.41) is 12.3. The number of nitrogens with zero attached hydrogens (tertiary/aromatic N) is 2. The van der Waals surface area contributed by atoms with Gasteiger partial charge >= 0.3 is 0 Å². The molecule has 24 heavy (non-hydrogen) atoms. The molecule has 0 spiro atoms. The van der Waals surface area contributed by atoms with Gasteiger partial charge in [-0.3, -0.25) is 4.79 Å². The van der Waals surface area contributed by atoms with Gasteiger partial charge in [0.2, 0.25) is 0 Å². The summed E-state index contributed by atoms with van der Waals surface area (Å²) >= 11 is 6.02. The Kier molecular flexibility index (Phi) is 5.02. The molecular formula is C17H17ClN4O2.